The fourth-order valence-electron chi connectivity index (χ4n) is 0. The third-order valence-electron chi connectivity index (χ3n) is 0. The molecular formula is CuGaOSnTiZn. The molecule has 6 heavy (non-hydrogen) atoms. The molecule has 0 heterocycles. The molecule has 0 bridgehead atoms. The molecule has 0 spiro atoms. The van der Waals surface area contributed by atoms with Crippen LogP contribution in [0.3, 0.4) is 0 Å². The third-order valence-corrected chi connectivity index (χ3v) is 0. The molecule has 0 N–H and O–H groups in total. The van der Waals surface area contributed by atoms with Gasteiger partial charge >= 0.3 is 17.1 Å². The Balaban J connectivity index is 0. The van der Waals surface area contributed by atoms with E-state index in [0.717, 1.165) is 0 Å². The molecule has 0 atom stereocenters. The zero-order valence-corrected chi connectivity index (χ0v) is 13.7. The molecule has 0 aliphatic rings. The van der Waals surface area contributed by atoms with E-state index in [0.29, 0.717) is 0 Å². The van der Waals surface area contributed by atoms with Crippen molar-refractivity contribution in [3.8, 4) is 0 Å². The van der Waals surface area contributed by atoms with Crippen LogP contribution < -0.4 is 0 Å². The molecule has 8 radical (unpaired) electrons. The Morgan fingerprint density at radius 2 is 1.00 bits per heavy atom. The van der Waals surface area contributed by atoms with Gasteiger partial charge in [0.05, 0.1) is 0 Å². The van der Waals surface area contributed by atoms with E-state index < -0.39 is 0 Å². The maximum atomic E-state index is 0. The van der Waals surface area contributed by atoms with Crippen LogP contribution in [0.15, 0.2) is 0 Å². The van der Waals surface area contributed by atoms with Crippen LogP contribution in [0.1, 0.15) is 0 Å². The van der Waals surface area contributed by atoms with Crippen molar-refractivity contribution in [2.24, 2.45) is 0 Å². The summed E-state index contributed by atoms with van der Waals surface area (Å²) >= 11 is 0. The zero-order valence-electron chi connectivity index (χ0n) is 2.99. The van der Waals surface area contributed by atoms with Gasteiger partial charge in [-0.3, -0.25) is 0 Å². The van der Waals surface area contributed by atoms with Crippen LogP contribution in [0.5, 0.6) is 0 Å². The van der Waals surface area contributed by atoms with Crippen LogP contribution in [0.25, 0.3) is 0 Å². The molecule has 0 saturated carbocycles. The van der Waals surface area contributed by atoms with Crippen molar-refractivity contribution >= 4 is 43.7 Å². The maximum absolute atomic E-state index is 0. The Morgan fingerprint density at radius 3 is 1.00 bits per heavy atom. The first-order valence-corrected chi connectivity index (χ1v) is 0. The van der Waals surface area contributed by atoms with Crippen molar-refractivity contribution in [1.82, 2.24) is 0 Å². The van der Waals surface area contributed by atoms with Crippen molar-refractivity contribution < 1.29 is 63.7 Å². The Morgan fingerprint density at radius 1 is 1.00 bits per heavy atom. The predicted octanol–water partition coefficient (Wildman–Crippen LogP) is -0.888. The van der Waals surface area contributed by atoms with E-state index in [2.05, 4.69) is 0 Å². The van der Waals surface area contributed by atoms with Gasteiger partial charge in [0.25, 0.3) is 0 Å². The molecule has 0 saturated heterocycles. The average molecular weight is 381 g/mol. The Hall–Kier alpha value is 3.25. The van der Waals surface area contributed by atoms with Gasteiger partial charge in [-0.2, -0.15) is 0 Å². The third kappa shape index (κ3) is 26.8. The number of hydrogen-bond acceptors (Lipinski definition) is 0. The van der Waals surface area contributed by atoms with E-state index in [4.69, 9.17) is 0 Å². The molecule has 0 aromatic rings. The summed E-state index contributed by atoms with van der Waals surface area (Å²) in [4.78, 5) is 0. The van der Waals surface area contributed by atoms with E-state index in [-0.39, 0.29) is 107 Å². The van der Waals surface area contributed by atoms with E-state index in [9.17, 15) is 0 Å². The van der Waals surface area contributed by atoms with Crippen molar-refractivity contribution in [1.29, 1.82) is 0 Å². The van der Waals surface area contributed by atoms with E-state index in [1.165, 1.54) is 0 Å². The summed E-state index contributed by atoms with van der Waals surface area (Å²) in [5, 5.41) is 0. The van der Waals surface area contributed by atoms with Crippen LogP contribution in [-0.4, -0.2) is 43.7 Å². The van der Waals surface area contributed by atoms with Gasteiger partial charge in [-0.15, -0.1) is 0 Å². The molecule has 6 heteroatoms. The van der Waals surface area contributed by atoms with Crippen molar-refractivity contribution in [3.05, 3.63) is 0 Å². The standard InChI is InChI=1S/Cu.Ga.O.Sn.Ti.Zn/q+2;;-2;;;. The van der Waals surface area contributed by atoms with Crippen LogP contribution >= 0.6 is 0 Å². The summed E-state index contributed by atoms with van der Waals surface area (Å²) in [6, 6.07) is 0. The fourth-order valence-corrected chi connectivity index (χ4v) is 0. The monoisotopic (exact) mass is 380 g/mol. The molecule has 0 aliphatic carbocycles. The molecule has 0 amide bonds. The van der Waals surface area contributed by atoms with Gasteiger partial charge in [-0.25, -0.2) is 0 Å². The molecule has 0 aliphatic heterocycles. The van der Waals surface area contributed by atoms with Gasteiger partial charge < -0.3 is 5.48 Å². The molecule has 30 valence electrons. The molecule has 0 rings (SSSR count). The second-order valence-corrected chi connectivity index (χ2v) is 0. The first kappa shape index (κ1) is 59.6. The summed E-state index contributed by atoms with van der Waals surface area (Å²) in [5.41, 5.74) is 0. The van der Waals surface area contributed by atoms with Crippen molar-refractivity contribution in [2.45, 2.75) is 0 Å². The molecule has 0 aromatic heterocycles. The van der Waals surface area contributed by atoms with Crippen LogP contribution in [0.4, 0.5) is 0 Å². The Bertz CT molecular complexity index is 15.5. The van der Waals surface area contributed by atoms with E-state index >= 15 is 0 Å². The molecule has 0 unspecified atom stereocenters. The first-order valence-electron chi connectivity index (χ1n) is 0. The molecule has 0 aromatic carbocycles. The maximum Gasteiger partial charge on any atom is 2.00 e. The second kappa shape index (κ2) is 41.0. The van der Waals surface area contributed by atoms with Crippen molar-refractivity contribution in [3.63, 3.8) is 0 Å². The first-order chi connectivity index (χ1) is 0. The van der Waals surface area contributed by atoms with Gasteiger partial charge in [-0.1, -0.05) is 0 Å². The summed E-state index contributed by atoms with van der Waals surface area (Å²) in [5.74, 6) is 0. The smallest absolute Gasteiger partial charge is 2.00 e. The Labute approximate surface area is 106 Å². The molecule has 0 fully saturated rings. The van der Waals surface area contributed by atoms with Gasteiger partial charge in [0.2, 0.25) is 0 Å². The van der Waals surface area contributed by atoms with Crippen LogP contribution in [-0.2, 0) is 63.7 Å². The van der Waals surface area contributed by atoms with Gasteiger partial charge in [0, 0.05) is 84.9 Å². The fraction of sp³-hybridized carbons (Fsp3) is 0. The second-order valence-electron chi connectivity index (χ2n) is 0. The quantitative estimate of drug-likeness (QED) is 0.488. The molecule has 1 nitrogen and oxygen atoms in total. The summed E-state index contributed by atoms with van der Waals surface area (Å²) in [6.45, 7) is 0. The van der Waals surface area contributed by atoms with E-state index in [1.807, 2.05) is 0 Å². The number of hydrogen-bond donors (Lipinski definition) is 0. The minimum atomic E-state index is 0. The summed E-state index contributed by atoms with van der Waals surface area (Å²) < 4.78 is 0. The SMILES string of the molecule is [Cu+2].[Ga].[O-2].[Sn].[Ti].[Zn]. The summed E-state index contributed by atoms with van der Waals surface area (Å²) in [6.07, 6.45) is 0. The van der Waals surface area contributed by atoms with Crippen LogP contribution in [0.2, 0.25) is 0 Å². The topological polar surface area (TPSA) is 28.5 Å². The minimum Gasteiger partial charge on any atom is -2.00 e. The van der Waals surface area contributed by atoms with Crippen molar-refractivity contribution in [2.75, 3.05) is 0 Å². The minimum absolute atomic E-state index is 0. The van der Waals surface area contributed by atoms with Gasteiger partial charge in [0.1, 0.15) is 0 Å². The normalized spacial score (nSPS) is 0. The predicted molar refractivity (Wildman–Crippen MR) is 12.2 cm³/mol. The van der Waals surface area contributed by atoms with Crippen LogP contribution in [0, 0.1) is 0 Å². The summed E-state index contributed by atoms with van der Waals surface area (Å²) in [7, 11) is 0. The van der Waals surface area contributed by atoms with E-state index in [1.54, 1.807) is 0 Å². The van der Waals surface area contributed by atoms with Gasteiger partial charge in [-0.05, 0) is 0 Å². The zero-order chi connectivity index (χ0) is 0. The van der Waals surface area contributed by atoms with Gasteiger partial charge in [0.15, 0.2) is 0 Å². The Kier molecular flexibility index (Phi) is 407. The average Bonchev–Trinajstić information content (AvgIpc) is 0. The molecular weight excluding hydrogens is 381 g/mol. The largest absolute Gasteiger partial charge is 2.00 e. The number of rotatable bonds is 0.